The Bertz CT molecular complexity index is 84.5. The van der Waals surface area contributed by atoms with Crippen LogP contribution < -0.4 is 0 Å². The SMILES string of the molecule is CO.CO.[CH3-].[Ti+2].[c-]1ccccc1. The summed E-state index contributed by atoms with van der Waals surface area (Å²) in [5, 5.41) is 14.0. The van der Waals surface area contributed by atoms with Gasteiger partial charge in [-0.3, -0.25) is 0 Å². The van der Waals surface area contributed by atoms with Crippen LogP contribution in [-0.2, 0) is 21.7 Å². The van der Waals surface area contributed by atoms with E-state index in [4.69, 9.17) is 10.2 Å². The van der Waals surface area contributed by atoms with Crippen molar-refractivity contribution < 1.29 is 31.9 Å². The molecule has 0 spiro atoms. The predicted molar refractivity (Wildman–Crippen MR) is 48.0 cm³/mol. The molecule has 3 heteroatoms. The van der Waals surface area contributed by atoms with E-state index in [1.165, 1.54) is 0 Å². The van der Waals surface area contributed by atoms with E-state index in [1.807, 2.05) is 30.3 Å². The van der Waals surface area contributed by atoms with Gasteiger partial charge in [0.15, 0.2) is 0 Å². The second kappa shape index (κ2) is 30.8. The van der Waals surface area contributed by atoms with Crippen LogP contribution in [0.5, 0.6) is 0 Å². The van der Waals surface area contributed by atoms with Crippen LogP contribution in [0.3, 0.4) is 0 Å². The van der Waals surface area contributed by atoms with Gasteiger partial charge in [0.1, 0.15) is 0 Å². The van der Waals surface area contributed by atoms with Gasteiger partial charge in [-0.15, -0.1) is 0 Å². The van der Waals surface area contributed by atoms with E-state index in [2.05, 4.69) is 6.07 Å². The van der Waals surface area contributed by atoms with Crippen molar-refractivity contribution in [3.8, 4) is 0 Å². The first-order valence-electron chi connectivity index (χ1n) is 2.81. The van der Waals surface area contributed by atoms with Crippen LogP contribution in [0.15, 0.2) is 30.3 Å². The van der Waals surface area contributed by atoms with E-state index in [0.29, 0.717) is 0 Å². The van der Waals surface area contributed by atoms with Gasteiger partial charge >= 0.3 is 21.7 Å². The molecular weight excluding hydrogens is 188 g/mol. The minimum Gasteiger partial charge on any atom is -0.400 e. The summed E-state index contributed by atoms with van der Waals surface area (Å²) in [5.74, 6) is 0. The zero-order chi connectivity index (χ0) is 8.24. The number of rotatable bonds is 0. The Morgan fingerprint density at radius 3 is 1.25 bits per heavy atom. The Kier molecular flexibility index (Phi) is 58.0. The maximum absolute atomic E-state index is 7.00. The van der Waals surface area contributed by atoms with Gasteiger partial charge < -0.3 is 17.6 Å². The molecule has 2 nitrogen and oxygen atoms in total. The Labute approximate surface area is 90.1 Å². The van der Waals surface area contributed by atoms with E-state index in [1.54, 1.807) is 0 Å². The average Bonchev–Trinajstić information content (AvgIpc) is 2.14. The molecule has 1 aromatic carbocycles. The van der Waals surface area contributed by atoms with Crippen molar-refractivity contribution in [2.24, 2.45) is 0 Å². The molecule has 0 aliphatic heterocycles. The van der Waals surface area contributed by atoms with Crippen molar-refractivity contribution in [1.82, 2.24) is 0 Å². The van der Waals surface area contributed by atoms with Crippen molar-refractivity contribution in [2.75, 3.05) is 14.2 Å². The summed E-state index contributed by atoms with van der Waals surface area (Å²) < 4.78 is 0. The Balaban J connectivity index is -0.0000000480. The van der Waals surface area contributed by atoms with Gasteiger partial charge in [0.25, 0.3) is 0 Å². The summed E-state index contributed by atoms with van der Waals surface area (Å²) in [6.45, 7) is 0. The third-order valence-corrected chi connectivity index (χ3v) is 0.607. The van der Waals surface area contributed by atoms with Crippen molar-refractivity contribution in [3.05, 3.63) is 43.8 Å². The molecule has 0 aliphatic carbocycles. The maximum Gasteiger partial charge on any atom is 2.00 e. The number of aliphatic hydroxyl groups is 2. The number of hydrogen-bond donors (Lipinski definition) is 2. The fourth-order valence-corrected chi connectivity index (χ4v) is 0.342. The van der Waals surface area contributed by atoms with Crippen LogP contribution in [0.4, 0.5) is 0 Å². The fraction of sp³-hybridized carbons (Fsp3) is 0.222. The third-order valence-electron chi connectivity index (χ3n) is 0.607. The predicted octanol–water partition coefficient (Wildman–Crippen LogP) is 1.15. The monoisotopic (exact) mass is 204 g/mol. The van der Waals surface area contributed by atoms with Crippen LogP contribution in [0.25, 0.3) is 0 Å². The second-order valence-corrected chi connectivity index (χ2v) is 1.08. The number of hydrogen-bond acceptors (Lipinski definition) is 2. The third kappa shape index (κ3) is 22.5. The van der Waals surface area contributed by atoms with Crippen LogP contribution in [0.1, 0.15) is 0 Å². The largest absolute Gasteiger partial charge is 2.00 e. The quantitative estimate of drug-likeness (QED) is 0.491. The van der Waals surface area contributed by atoms with Crippen LogP contribution >= 0.6 is 0 Å². The molecule has 0 saturated heterocycles. The molecule has 0 aromatic heterocycles. The zero-order valence-electron chi connectivity index (χ0n) is 7.78. The zero-order valence-corrected chi connectivity index (χ0v) is 9.34. The Morgan fingerprint density at radius 1 is 0.833 bits per heavy atom. The molecule has 0 amide bonds. The molecule has 68 valence electrons. The second-order valence-electron chi connectivity index (χ2n) is 1.08. The van der Waals surface area contributed by atoms with E-state index >= 15 is 0 Å². The summed E-state index contributed by atoms with van der Waals surface area (Å²) in [4.78, 5) is 0. The molecule has 1 aromatic rings. The maximum atomic E-state index is 7.00. The van der Waals surface area contributed by atoms with Crippen molar-refractivity contribution >= 4 is 0 Å². The number of benzene rings is 1. The van der Waals surface area contributed by atoms with Crippen molar-refractivity contribution in [2.45, 2.75) is 0 Å². The van der Waals surface area contributed by atoms with Crippen LogP contribution in [0.2, 0.25) is 0 Å². The van der Waals surface area contributed by atoms with E-state index in [-0.39, 0.29) is 29.1 Å². The molecule has 0 atom stereocenters. The van der Waals surface area contributed by atoms with Gasteiger partial charge in [-0.1, -0.05) is 0 Å². The first kappa shape index (κ1) is 22.6. The molecule has 0 fully saturated rings. The first-order chi connectivity index (χ1) is 5.00. The summed E-state index contributed by atoms with van der Waals surface area (Å²) >= 11 is 0. The standard InChI is InChI=1S/C6H5.2CH4O.CH3.Ti/c1-2-4-6-5-3-1;2*1-2;;/h1-5H;2*2H,1H3;1H3;/q-1;;;-1;+2. The van der Waals surface area contributed by atoms with Crippen molar-refractivity contribution in [1.29, 1.82) is 0 Å². The van der Waals surface area contributed by atoms with Gasteiger partial charge in [0, 0.05) is 14.2 Å². The normalized spacial score (nSPS) is 5.00. The van der Waals surface area contributed by atoms with Crippen molar-refractivity contribution in [3.63, 3.8) is 0 Å². The van der Waals surface area contributed by atoms with Gasteiger partial charge in [0.2, 0.25) is 0 Å². The number of aliphatic hydroxyl groups excluding tert-OH is 2. The van der Waals surface area contributed by atoms with E-state index in [0.717, 1.165) is 14.2 Å². The van der Waals surface area contributed by atoms with Gasteiger partial charge in [0.05, 0.1) is 0 Å². The summed E-state index contributed by atoms with van der Waals surface area (Å²) in [6.07, 6.45) is 0. The van der Waals surface area contributed by atoms with Crippen LogP contribution in [-0.4, -0.2) is 24.4 Å². The Morgan fingerprint density at radius 2 is 1.17 bits per heavy atom. The molecule has 0 saturated carbocycles. The van der Waals surface area contributed by atoms with E-state index < -0.39 is 0 Å². The molecule has 0 heterocycles. The van der Waals surface area contributed by atoms with Gasteiger partial charge in [-0.25, -0.2) is 0 Å². The minimum atomic E-state index is 0. The molecule has 0 unspecified atom stereocenters. The molecular formula is C9H16O2Ti. The molecule has 1 rings (SSSR count). The van der Waals surface area contributed by atoms with Gasteiger partial charge in [-0.05, 0) is 0 Å². The molecule has 0 bridgehead atoms. The summed E-state index contributed by atoms with van der Waals surface area (Å²) in [5.41, 5.74) is 0. The summed E-state index contributed by atoms with van der Waals surface area (Å²) in [7, 11) is 2.00. The smallest absolute Gasteiger partial charge is 0.400 e. The first-order valence-corrected chi connectivity index (χ1v) is 2.81. The van der Waals surface area contributed by atoms with Crippen LogP contribution in [0, 0.1) is 13.5 Å². The molecule has 2 N–H and O–H groups in total. The fourth-order valence-electron chi connectivity index (χ4n) is 0.342. The molecule has 0 aliphatic rings. The molecule has 12 heavy (non-hydrogen) atoms. The minimum absolute atomic E-state index is 0. The Hall–Kier alpha value is -0.146. The summed E-state index contributed by atoms with van der Waals surface area (Å²) in [6, 6.07) is 12.5. The van der Waals surface area contributed by atoms with E-state index in [9.17, 15) is 0 Å². The van der Waals surface area contributed by atoms with Gasteiger partial charge in [-0.2, -0.15) is 36.4 Å². The molecule has 0 radical (unpaired) electrons. The topological polar surface area (TPSA) is 40.5 Å². The average molecular weight is 204 g/mol.